The summed E-state index contributed by atoms with van der Waals surface area (Å²) in [5.74, 6) is -1.22. The van der Waals surface area contributed by atoms with Gasteiger partial charge in [-0.05, 0) is 47.9 Å². The lowest BCUT2D eigenvalue weighted by Gasteiger charge is -2.35. The van der Waals surface area contributed by atoms with Crippen molar-refractivity contribution in [2.24, 2.45) is 17.8 Å². The molecule has 0 radical (unpaired) electrons. The summed E-state index contributed by atoms with van der Waals surface area (Å²) in [7, 11) is 2.36. The number of hydrogen-bond acceptors (Lipinski definition) is 9. The Kier molecular flexibility index (Phi) is 16.1. The average Bonchev–Trinajstić information content (AvgIpc) is 3.05. The fourth-order valence-corrected chi connectivity index (χ4v) is 4.70. The van der Waals surface area contributed by atoms with E-state index in [1.54, 1.807) is 32.7 Å². The second kappa shape index (κ2) is 19.5. The number of carbonyl (C=O) groups excluding carboxylic acids is 4. The largest absolute Gasteiger partial charge is 0.493 e. The van der Waals surface area contributed by atoms with Gasteiger partial charge < -0.3 is 30.0 Å². The molecule has 3 atom stereocenters. The molecule has 0 heterocycles. The fourth-order valence-electron chi connectivity index (χ4n) is 4.70. The van der Waals surface area contributed by atoms with Crippen LogP contribution in [-0.2, 0) is 32.0 Å². The number of nitrogens with zero attached hydrogens (tertiary/aromatic N) is 1. The summed E-state index contributed by atoms with van der Waals surface area (Å²) >= 11 is 0. The van der Waals surface area contributed by atoms with Crippen molar-refractivity contribution in [2.75, 3.05) is 27.4 Å². The molecule has 13 nitrogen and oxygen atoms in total. The van der Waals surface area contributed by atoms with E-state index >= 15 is 0 Å². The number of nitrogens with one attached hydrogen (secondary N) is 4. The number of aryl methyl sites for hydroxylation is 1. The molecule has 2 rings (SSSR count). The number of rotatable bonds is 18. The average molecular weight is 672 g/mol. The second-order valence-corrected chi connectivity index (χ2v) is 12.8. The quantitative estimate of drug-likeness (QED) is 0.117. The van der Waals surface area contributed by atoms with Gasteiger partial charge in [0.15, 0.2) is 0 Å². The highest BCUT2D eigenvalue weighted by atomic mass is 16.5. The van der Waals surface area contributed by atoms with Crippen molar-refractivity contribution in [2.45, 2.75) is 78.7 Å². The molecule has 2 aromatic carbocycles. The number of amides is 4. The Hall–Kier alpha value is -4.36. The lowest BCUT2D eigenvalue weighted by molar-refractivity contribution is -0.149. The Balaban J connectivity index is 2.44. The molecule has 5 N–H and O–H groups in total. The van der Waals surface area contributed by atoms with Crippen molar-refractivity contribution in [3.8, 4) is 5.75 Å². The molecule has 0 saturated heterocycles. The number of methoxy groups -OCH3 is 2. The third-order valence-corrected chi connectivity index (χ3v) is 7.62. The van der Waals surface area contributed by atoms with E-state index in [2.05, 4.69) is 40.0 Å². The van der Waals surface area contributed by atoms with Gasteiger partial charge in [-0.25, -0.2) is 14.6 Å². The van der Waals surface area contributed by atoms with Crippen LogP contribution in [0.1, 0.15) is 59.1 Å². The molecular weight excluding hydrogens is 618 g/mol. The van der Waals surface area contributed by atoms with Crippen molar-refractivity contribution in [3.63, 3.8) is 0 Å². The van der Waals surface area contributed by atoms with Crippen LogP contribution in [0, 0.1) is 17.8 Å². The summed E-state index contributed by atoms with van der Waals surface area (Å²) < 4.78 is 15.2. The van der Waals surface area contributed by atoms with E-state index in [9.17, 15) is 24.3 Å². The van der Waals surface area contributed by atoms with Gasteiger partial charge in [0.2, 0.25) is 5.72 Å². The highest BCUT2D eigenvalue weighted by Gasteiger charge is 2.42. The minimum Gasteiger partial charge on any atom is -0.493 e. The lowest BCUT2D eigenvalue weighted by atomic mass is 9.97. The summed E-state index contributed by atoms with van der Waals surface area (Å²) in [5.41, 5.74) is 2.52. The first-order valence-corrected chi connectivity index (χ1v) is 16.2. The highest BCUT2D eigenvalue weighted by molar-refractivity contribution is 5.88. The van der Waals surface area contributed by atoms with Crippen LogP contribution in [0.15, 0.2) is 54.6 Å². The van der Waals surface area contributed by atoms with Crippen LogP contribution in [0.2, 0.25) is 0 Å². The molecule has 13 heteroatoms. The molecule has 266 valence electrons. The number of carbonyl (C=O) groups is 4. The Bertz CT molecular complexity index is 1310. The smallest absolute Gasteiger partial charge is 0.409 e. The van der Waals surface area contributed by atoms with E-state index in [4.69, 9.17) is 9.47 Å². The fraction of sp³-hybridized carbons (Fsp3) is 0.543. The van der Waals surface area contributed by atoms with Crippen LogP contribution in [0.4, 0.5) is 9.59 Å². The molecule has 0 aromatic heterocycles. The van der Waals surface area contributed by atoms with E-state index in [1.807, 2.05) is 54.6 Å². The number of hydrazine groups is 1. The molecule has 0 aliphatic carbocycles. The van der Waals surface area contributed by atoms with Gasteiger partial charge in [-0.3, -0.25) is 20.3 Å². The number of ether oxygens (including phenoxy) is 3. The first-order valence-electron chi connectivity index (χ1n) is 16.2. The van der Waals surface area contributed by atoms with Crippen LogP contribution in [0.5, 0.6) is 5.75 Å². The molecule has 48 heavy (non-hydrogen) atoms. The molecule has 4 amide bonds. The van der Waals surface area contributed by atoms with E-state index in [0.717, 1.165) is 18.2 Å². The zero-order valence-electron chi connectivity index (χ0n) is 29.4. The molecule has 0 saturated carbocycles. The van der Waals surface area contributed by atoms with Crippen LogP contribution in [-0.4, -0.2) is 79.3 Å². The van der Waals surface area contributed by atoms with Gasteiger partial charge in [0.1, 0.15) is 11.8 Å². The first kappa shape index (κ1) is 39.8. The zero-order chi connectivity index (χ0) is 35.9. The standard InChI is InChI=1S/C35H53N5O8/c1-23(2)22-48-29-18-15-27(16-19-29)20-40(39-31(41)30(24(3)4)37-33(43)46-7)21-28(17-14-26-12-10-9-11-13-26)36-32(42)35(45,25(5)6)38-34(44)47-8/h9-13,15-16,18-19,23-25,28,30,45H,14,17,20-22H2,1-8H3,(H,36,42)(H,37,43)(H,38,44)(H,39,41)/t28-,30-,35+/m0/s1. The minimum absolute atomic E-state index is 0.103. The number of alkyl carbamates (subject to hydrolysis) is 2. The van der Waals surface area contributed by atoms with Gasteiger partial charge in [-0.1, -0.05) is 84.0 Å². The van der Waals surface area contributed by atoms with Crippen molar-refractivity contribution >= 4 is 24.0 Å². The van der Waals surface area contributed by atoms with Crippen molar-refractivity contribution in [3.05, 3.63) is 65.7 Å². The SMILES string of the molecule is COC(=O)N[C@H](C(=O)NN(Cc1ccc(OCC(C)C)cc1)C[C@H](CCc1ccccc1)NC(=O)[C@@](O)(NC(=O)OC)C(C)C)C(C)C. The van der Waals surface area contributed by atoms with Gasteiger partial charge >= 0.3 is 12.2 Å². The molecule has 0 aliphatic rings. The van der Waals surface area contributed by atoms with E-state index in [0.29, 0.717) is 31.1 Å². The number of hydrogen-bond donors (Lipinski definition) is 5. The van der Waals surface area contributed by atoms with Gasteiger partial charge in [-0.2, -0.15) is 0 Å². The minimum atomic E-state index is -2.27. The molecule has 0 aliphatic heterocycles. The van der Waals surface area contributed by atoms with Crippen molar-refractivity contribution < 1.29 is 38.5 Å². The van der Waals surface area contributed by atoms with Gasteiger partial charge in [0.25, 0.3) is 11.8 Å². The monoisotopic (exact) mass is 671 g/mol. The zero-order valence-corrected chi connectivity index (χ0v) is 29.4. The Morgan fingerprint density at radius 2 is 1.46 bits per heavy atom. The van der Waals surface area contributed by atoms with Crippen molar-refractivity contribution in [1.82, 2.24) is 26.4 Å². The normalized spacial score (nSPS) is 13.8. The van der Waals surface area contributed by atoms with Crippen LogP contribution >= 0.6 is 0 Å². The molecule has 2 aromatic rings. The lowest BCUT2D eigenvalue weighted by Crippen LogP contribution is -2.64. The van der Waals surface area contributed by atoms with E-state index < -0.39 is 47.7 Å². The van der Waals surface area contributed by atoms with E-state index in [1.165, 1.54) is 7.11 Å². The Morgan fingerprint density at radius 1 is 0.833 bits per heavy atom. The maximum absolute atomic E-state index is 13.6. The summed E-state index contributed by atoms with van der Waals surface area (Å²) in [6.45, 7) is 11.8. The summed E-state index contributed by atoms with van der Waals surface area (Å²) in [6.07, 6.45) is -0.718. The summed E-state index contributed by atoms with van der Waals surface area (Å²) in [4.78, 5) is 51.3. The Morgan fingerprint density at radius 3 is 2.00 bits per heavy atom. The second-order valence-electron chi connectivity index (χ2n) is 12.8. The summed E-state index contributed by atoms with van der Waals surface area (Å²) in [5, 5.41) is 20.7. The third kappa shape index (κ3) is 13.0. The Labute approximate surface area is 284 Å². The van der Waals surface area contributed by atoms with E-state index in [-0.39, 0.29) is 19.0 Å². The topological polar surface area (TPSA) is 168 Å². The predicted molar refractivity (Wildman–Crippen MR) is 182 cm³/mol. The van der Waals surface area contributed by atoms with Gasteiger partial charge in [0, 0.05) is 25.0 Å². The molecule has 0 bridgehead atoms. The number of benzene rings is 2. The van der Waals surface area contributed by atoms with Gasteiger partial charge in [0.05, 0.1) is 20.8 Å². The number of aliphatic hydroxyl groups is 1. The molecular formula is C35H53N5O8. The van der Waals surface area contributed by atoms with Crippen LogP contribution in [0.25, 0.3) is 0 Å². The predicted octanol–water partition coefficient (Wildman–Crippen LogP) is 3.75. The third-order valence-electron chi connectivity index (χ3n) is 7.62. The van der Waals surface area contributed by atoms with Crippen LogP contribution < -0.4 is 26.1 Å². The molecule has 0 spiro atoms. The van der Waals surface area contributed by atoms with Crippen molar-refractivity contribution in [1.29, 1.82) is 0 Å². The first-order chi connectivity index (χ1) is 22.7. The highest BCUT2D eigenvalue weighted by Crippen LogP contribution is 2.18. The van der Waals surface area contributed by atoms with Crippen LogP contribution in [0.3, 0.4) is 0 Å². The maximum atomic E-state index is 13.6. The molecule has 0 fully saturated rings. The molecule has 0 unspecified atom stereocenters. The van der Waals surface area contributed by atoms with Gasteiger partial charge in [-0.15, -0.1) is 0 Å². The maximum Gasteiger partial charge on any atom is 0.409 e. The summed E-state index contributed by atoms with van der Waals surface area (Å²) in [6, 6.07) is 15.6.